The zero-order valence-corrected chi connectivity index (χ0v) is 11.5. The molecule has 0 saturated heterocycles. The maximum atomic E-state index is 12.0. The van der Waals surface area contributed by atoms with Gasteiger partial charge >= 0.3 is 0 Å². The van der Waals surface area contributed by atoms with Gasteiger partial charge in [0.2, 0.25) is 5.91 Å². The summed E-state index contributed by atoms with van der Waals surface area (Å²) in [7, 11) is 0. The number of benzene rings is 1. The summed E-state index contributed by atoms with van der Waals surface area (Å²) in [6.07, 6.45) is 3.30. The number of nitrogens with zero attached hydrogens (tertiary/aromatic N) is 1. The molecule has 2 N–H and O–H groups in total. The van der Waals surface area contributed by atoms with Gasteiger partial charge in [0.25, 0.3) is 0 Å². The summed E-state index contributed by atoms with van der Waals surface area (Å²) in [5.41, 5.74) is 9.20. The van der Waals surface area contributed by atoms with E-state index in [4.69, 9.17) is 5.73 Å². The Kier molecular flexibility index (Phi) is 4.66. The SMILES string of the molecule is NCCc1ccc2c(c1)CCC(=O)N2CCCS. The van der Waals surface area contributed by atoms with Crippen LogP contribution in [-0.2, 0) is 17.6 Å². The van der Waals surface area contributed by atoms with Crippen LogP contribution >= 0.6 is 12.6 Å². The lowest BCUT2D eigenvalue weighted by Gasteiger charge is -2.29. The normalized spacial score (nSPS) is 14.8. The Morgan fingerprint density at radius 1 is 1.33 bits per heavy atom. The molecule has 0 spiro atoms. The third-order valence-corrected chi connectivity index (χ3v) is 3.63. The fourth-order valence-corrected chi connectivity index (χ4v) is 2.55. The zero-order valence-electron chi connectivity index (χ0n) is 10.6. The molecule has 2 rings (SSSR count). The molecule has 18 heavy (non-hydrogen) atoms. The van der Waals surface area contributed by atoms with E-state index in [0.717, 1.165) is 37.2 Å². The minimum absolute atomic E-state index is 0.232. The van der Waals surface area contributed by atoms with Gasteiger partial charge in [0, 0.05) is 18.7 Å². The summed E-state index contributed by atoms with van der Waals surface area (Å²) in [6.45, 7) is 1.44. The third kappa shape index (κ3) is 2.87. The second-order valence-corrected chi connectivity index (χ2v) is 5.07. The molecule has 3 nitrogen and oxygen atoms in total. The van der Waals surface area contributed by atoms with Gasteiger partial charge in [-0.3, -0.25) is 4.79 Å². The van der Waals surface area contributed by atoms with E-state index in [1.54, 1.807) is 0 Å². The van der Waals surface area contributed by atoms with E-state index in [9.17, 15) is 4.79 Å². The van der Waals surface area contributed by atoms with Crippen molar-refractivity contribution in [3.05, 3.63) is 29.3 Å². The first-order valence-electron chi connectivity index (χ1n) is 6.49. The van der Waals surface area contributed by atoms with Crippen LogP contribution in [0.15, 0.2) is 18.2 Å². The number of anilines is 1. The predicted molar refractivity (Wildman–Crippen MR) is 78.3 cm³/mol. The minimum atomic E-state index is 0.232. The number of nitrogens with two attached hydrogens (primary N) is 1. The topological polar surface area (TPSA) is 46.3 Å². The molecule has 1 heterocycles. The molecule has 0 fully saturated rings. The lowest BCUT2D eigenvalue weighted by Crippen LogP contribution is -2.36. The molecule has 4 heteroatoms. The van der Waals surface area contributed by atoms with Crippen molar-refractivity contribution in [2.45, 2.75) is 25.7 Å². The minimum Gasteiger partial charge on any atom is -0.330 e. The highest BCUT2D eigenvalue weighted by molar-refractivity contribution is 7.80. The van der Waals surface area contributed by atoms with Crippen LogP contribution in [0.3, 0.4) is 0 Å². The Morgan fingerprint density at radius 3 is 2.89 bits per heavy atom. The molecule has 0 unspecified atom stereocenters. The van der Waals surface area contributed by atoms with Gasteiger partial charge in [-0.25, -0.2) is 0 Å². The lowest BCUT2D eigenvalue weighted by molar-refractivity contribution is -0.118. The Labute approximate surface area is 114 Å². The highest BCUT2D eigenvalue weighted by Gasteiger charge is 2.23. The van der Waals surface area contributed by atoms with Crippen LogP contribution in [-0.4, -0.2) is 24.7 Å². The number of carbonyl (C=O) groups excluding carboxylic acids is 1. The highest BCUT2D eigenvalue weighted by Crippen LogP contribution is 2.29. The van der Waals surface area contributed by atoms with Crippen LogP contribution < -0.4 is 10.6 Å². The van der Waals surface area contributed by atoms with Crippen LogP contribution in [0.25, 0.3) is 0 Å². The van der Waals surface area contributed by atoms with Crippen molar-refractivity contribution < 1.29 is 4.79 Å². The van der Waals surface area contributed by atoms with Crippen molar-refractivity contribution in [2.75, 3.05) is 23.7 Å². The molecule has 1 aliphatic rings. The van der Waals surface area contributed by atoms with Gasteiger partial charge in [0.1, 0.15) is 0 Å². The molecule has 0 bridgehead atoms. The van der Waals surface area contributed by atoms with E-state index in [1.807, 2.05) is 4.90 Å². The van der Waals surface area contributed by atoms with E-state index in [-0.39, 0.29) is 5.91 Å². The fraction of sp³-hybridized carbons (Fsp3) is 0.500. The second kappa shape index (κ2) is 6.25. The number of fused-ring (bicyclic) bond motifs is 1. The summed E-state index contributed by atoms with van der Waals surface area (Å²) >= 11 is 4.21. The molecule has 1 aliphatic heterocycles. The molecular weight excluding hydrogens is 244 g/mol. The molecule has 1 amide bonds. The zero-order chi connectivity index (χ0) is 13.0. The van der Waals surface area contributed by atoms with Crippen molar-refractivity contribution >= 4 is 24.2 Å². The number of amides is 1. The molecule has 0 aliphatic carbocycles. The van der Waals surface area contributed by atoms with E-state index < -0.39 is 0 Å². The molecule has 0 aromatic heterocycles. The summed E-state index contributed by atoms with van der Waals surface area (Å²) in [6, 6.07) is 6.34. The third-order valence-electron chi connectivity index (χ3n) is 3.32. The molecule has 0 radical (unpaired) electrons. The molecular formula is C14H20N2OS. The largest absolute Gasteiger partial charge is 0.330 e. The standard InChI is InChI=1S/C14H20N2OS/c15-7-6-11-2-4-13-12(10-11)3-5-14(17)16(13)8-1-9-18/h2,4,10,18H,1,3,5-9,15H2. The first-order valence-corrected chi connectivity index (χ1v) is 7.12. The van der Waals surface area contributed by atoms with Gasteiger partial charge in [-0.2, -0.15) is 12.6 Å². The molecule has 98 valence electrons. The summed E-state index contributed by atoms with van der Waals surface area (Å²) in [4.78, 5) is 13.9. The fourth-order valence-electron chi connectivity index (χ4n) is 2.41. The van der Waals surface area contributed by atoms with Crippen LogP contribution in [0, 0.1) is 0 Å². The highest BCUT2D eigenvalue weighted by atomic mass is 32.1. The number of rotatable bonds is 5. The number of thiol groups is 1. The van der Waals surface area contributed by atoms with Crippen molar-refractivity contribution in [1.82, 2.24) is 0 Å². The average Bonchev–Trinajstić information content (AvgIpc) is 2.38. The van der Waals surface area contributed by atoms with Gasteiger partial charge in [-0.1, -0.05) is 12.1 Å². The van der Waals surface area contributed by atoms with Gasteiger partial charge < -0.3 is 10.6 Å². The number of carbonyl (C=O) groups is 1. The van der Waals surface area contributed by atoms with Crippen molar-refractivity contribution in [3.8, 4) is 0 Å². The van der Waals surface area contributed by atoms with Crippen molar-refractivity contribution in [3.63, 3.8) is 0 Å². The quantitative estimate of drug-likeness (QED) is 0.796. The van der Waals surface area contributed by atoms with Crippen LogP contribution in [0.1, 0.15) is 24.0 Å². The smallest absolute Gasteiger partial charge is 0.227 e. The van der Waals surface area contributed by atoms with Gasteiger partial charge in [0.05, 0.1) is 0 Å². The summed E-state index contributed by atoms with van der Waals surface area (Å²) in [5.74, 6) is 1.04. The van der Waals surface area contributed by atoms with Crippen LogP contribution in [0.5, 0.6) is 0 Å². The first kappa shape index (κ1) is 13.4. The van der Waals surface area contributed by atoms with Gasteiger partial charge in [0.15, 0.2) is 0 Å². The molecule has 1 aromatic carbocycles. The maximum absolute atomic E-state index is 12.0. The summed E-state index contributed by atoms with van der Waals surface area (Å²) in [5, 5.41) is 0. The Morgan fingerprint density at radius 2 is 2.17 bits per heavy atom. The average molecular weight is 264 g/mol. The predicted octanol–water partition coefficient (Wildman–Crippen LogP) is 1.79. The Hall–Kier alpha value is -1.00. The molecule has 0 saturated carbocycles. The Bertz CT molecular complexity index is 434. The lowest BCUT2D eigenvalue weighted by atomic mass is 9.97. The summed E-state index contributed by atoms with van der Waals surface area (Å²) < 4.78 is 0. The van der Waals surface area contributed by atoms with Crippen molar-refractivity contribution in [1.29, 1.82) is 0 Å². The van der Waals surface area contributed by atoms with Gasteiger partial charge in [-0.15, -0.1) is 0 Å². The van der Waals surface area contributed by atoms with Crippen LogP contribution in [0.4, 0.5) is 5.69 Å². The number of hydrogen-bond acceptors (Lipinski definition) is 3. The number of aryl methyl sites for hydroxylation is 1. The second-order valence-electron chi connectivity index (χ2n) is 4.62. The maximum Gasteiger partial charge on any atom is 0.227 e. The molecule has 1 aromatic rings. The Balaban J connectivity index is 2.24. The van der Waals surface area contributed by atoms with E-state index in [0.29, 0.717) is 13.0 Å². The van der Waals surface area contributed by atoms with Crippen LogP contribution in [0.2, 0.25) is 0 Å². The first-order chi connectivity index (χ1) is 8.76. The van der Waals surface area contributed by atoms with Gasteiger partial charge in [-0.05, 0) is 48.8 Å². The van der Waals surface area contributed by atoms with E-state index in [1.165, 1.54) is 11.1 Å². The van der Waals surface area contributed by atoms with Crippen molar-refractivity contribution in [2.24, 2.45) is 5.73 Å². The van der Waals surface area contributed by atoms with E-state index in [2.05, 4.69) is 30.8 Å². The monoisotopic (exact) mass is 264 g/mol. The van der Waals surface area contributed by atoms with E-state index >= 15 is 0 Å². The molecule has 0 atom stereocenters. The number of hydrogen-bond donors (Lipinski definition) is 2.